The van der Waals surface area contributed by atoms with Crippen molar-refractivity contribution in [2.75, 3.05) is 6.26 Å². The van der Waals surface area contributed by atoms with Gasteiger partial charge in [-0.25, -0.2) is 8.42 Å². The predicted octanol–water partition coefficient (Wildman–Crippen LogP) is 2.50. The van der Waals surface area contributed by atoms with Crippen LogP contribution in [0.4, 0.5) is 0 Å². The molecule has 0 fully saturated rings. The number of hydrogen-bond donors (Lipinski definition) is 1. The zero-order chi connectivity index (χ0) is 16.2. The number of benzene rings is 1. The molecule has 4 nitrogen and oxygen atoms in total. The van der Waals surface area contributed by atoms with E-state index in [9.17, 15) is 13.2 Å². The molecule has 0 saturated carbocycles. The SMILES string of the molecule is CCc1ccc(C(NC(=O)C(C)S(C)(=O)=O)C(C)C)cc1. The lowest BCUT2D eigenvalue weighted by atomic mass is 9.94. The fourth-order valence-corrected chi connectivity index (χ4v) is 2.52. The first kappa shape index (κ1) is 17.7. The topological polar surface area (TPSA) is 63.2 Å². The third kappa shape index (κ3) is 4.84. The maximum Gasteiger partial charge on any atom is 0.238 e. The van der Waals surface area contributed by atoms with E-state index in [4.69, 9.17) is 0 Å². The number of hydrogen-bond acceptors (Lipinski definition) is 3. The van der Waals surface area contributed by atoms with Crippen molar-refractivity contribution in [1.82, 2.24) is 5.32 Å². The van der Waals surface area contributed by atoms with Crippen LogP contribution in [0.25, 0.3) is 0 Å². The normalized spacial score (nSPS) is 14.8. The molecule has 0 saturated heterocycles. The molecular weight excluding hydrogens is 286 g/mol. The average Bonchev–Trinajstić information content (AvgIpc) is 2.42. The van der Waals surface area contributed by atoms with Gasteiger partial charge < -0.3 is 5.32 Å². The molecule has 0 bridgehead atoms. The van der Waals surface area contributed by atoms with Crippen molar-refractivity contribution in [3.05, 3.63) is 35.4 Å². The molecule has 21 heavy (non-hydrogen) atoms. The molecule has 5 heteroatoms. The van der Waals surface area contributed by atoms with E-state index in [-0.39, 0.29) is 12.0 Å². The lowest BCUT2D eigenvalue weighted by Crippen LogP contribution is -2.41. The van der Waals surface area contributed by atoms with Crippen LogP contribution in [0.2, 0.25) is 0 Å². The molecule has 118 valence electrons. The Bertz CT molecular complexity index is 576. The highest BCUT2D eigenvalue weighted by Crippen LogP contribution is 2.22. The second-order valence-corrected chi connectivity index (χ2v) is 8.16. The zero-order valence-electron chi connectivity index (χ0n) is 13.4. The summed E-state index contributed by atoms with van der Waals surface area (Å²) in [6.45, 7) is 7.51. The second-order valence-electron chi connectivity index (χ2n) is 5.80. The molecule has 0 spiro atoms. The molecule has 2 atom stereocenters. The first-order chi connectivity index (χ1) is 9.66. The van der Waals surface area contributed by atoms with Crippen molar-refractivity contribution in [3.63, 3.8) is 0 Å². The van der Waals surface area contributed by atoms with Gasteiger partial charge in [0.15, 0.2) is 9.84 Å². The molecule has 1 aromatic rings. The van der Waals surface area contributed by atoms with E-state index in [1.165, 1.54) is 12.5 Å². The Balaban J connectivity index is 2.95. The van der Waals surface area contributed by atoms with E-state index in [1.807, 2.05) is 38.1 Å². The molecule has 1 rings (SSSR count). The van der Waals surface area contributed by atoms with Crippen LogP contribution in [0.5, 0.6) is 0 Å². The highest BCUT2D eigenvalue weighted by atomic mass is 32.2. The van der Waals surface area contributed by atoms with Crippen LogP contribution in [0.15, 0.2) is 24.3 Å². The second kappa shape index (κ2) is 7.07. The maximum absolute atomic E-state index is 12.1. The number of sulfone groups is 1. The van der Waals surface area contributed by atoms with Crippen LogP contribution in [0, 0.1) is 5.92 Å². The molecule has 0 aromatic heterocycles. The summed E-state index contributed by atoms with van der Waals surface area (Å²) in [6.07, 6.45) is 2.04. The number of amides is 1. The van der Waals surface area contributed by atoms with E-state index in [2.05, 4.69) is 12.2 Å². The van der Waals surface area contributed by atoms with Gasteiger partial charge in [0.05, 0.1) is 6.04 Å². The van der Waals surface area contributed by atoms with Gasteiger partial charge >= 0.3 is 0 Å². The van der Waals surface area contributed by atoms with Gasteiger partial charge in [-0.3, -0.25) is 4.79 Å². The fraction of sp³-hybridized carbons (Fsp3) is 0.562. The van der Waals surface area contributed by atoms with Gasteiger partial charge in [-0.2, -0.15) is 0 Å². The van der Waals surface area contributed by atoms with E-state index < -0.39 is 21.0 Å². The number of carbonyl (C=O) groups excluding carboxylic acids is 1. The van der Waals surface area contributed by atoms with Crippen molar-refractivity contribution in [3.8, 4) is 0 Å². The van der Waals surface area contributed by atoms with Crippen molar-refractivity contribution >= 4 is 15.7 Å². The fourth-order valence-electron chi connectivity index (χ4n) is 2.06. The quantitative estimate of drug-likeness (QED) is 0.878. The van der Waals surface area contributed by atoms with Crippen LogP contribution in [-0.2, 0) is 21.1 Å². The van der Waals surface area contributed by atoms with Gasteiger partial charge in [0.2, 0.25) is 5.91 Å². The average molecular weight is 311 g/mol. The van der Waals surface area contributed by atoms with Gasteiger partial charge in [0.25, 0.3) is 0 Å². The molecular formula is C16H25NO3S. The van der Waals surface area contributed by atoms with Crippen LogP contribution in [0.3, 0.4) is 0 Å². The van der Waals surface area contributed by atoms with E-state index >= 15 is 0 Å². The minimum absolute atomic E-state index is 0.174. The number of carbonyl (C=O) groups is 1. The molecule has 0 aliphatic heterocycles. The molecule has 1 amide bonds. The monoisotopic (exact) mass is 311 g/mol. The first-order valence-corrected chi connectivity index (χ1v) is 9.20. The Labute approximate surface area is 127 Å². The lowest BCUT2D eigenvalue weighted by molar-refractivity contribution is -0.121. The smallest absolute Gasteiger partial charge is 0.238 e. The summed E-state index contributed by atoms with van der Waals surface area (Å²) in [7, 11) is -3.38. The molecule has 0 aliphatic rings. The Kier molecular flexibility index (Phi) is 5.96. The van der Waals surface area contributed by atoms with Gasteiger partial charge in [-0.05, 0) is 30.4 Å². The Morgan fingerprint density at radius 1 is 1.14 bits per heavy atom. The molecule has 1 N–H and O–H groups in total. The molecule has 1 aromatic carbocycles. The van der Waals surface area contributed by atoms with E-state index in [1.54, 1.807) is 0 Å². The maximum atomic E-state index is 12.1. The van der Waals surface area contributed by atoms with Crippen molar-refractivity contribution in [2.45, 2.75) is 45.4 Å². The van der Waals surface area contributed by atoms with Gasteiger partial charge in [-0.1, -0.05) is 45.0 Å². The number of aryl methyl sites for hydroxylation is 1. The number of nitrogens with one attached hydrogen (secondary N) is 1. The minimum atomic E-state index is -3.38. The summed E-state index contributed by atoms with van der Waals surface area (Å²) >= 11 is 0. The summed E-state index contributed by atoms with van der Waals surface area (Å²) in [4.78, 5) is 12.1. The van der Waals surface area contributed by atoms with Crippen molar-refractivity contribution < 1.29 is 13.2 Å². The first-order valence-electron chi connectivity index (χ1n) is 7.24. The zero-order valence-corrected chi connectivity index (χ0v) is 14.2. The van der Waals surface area contributed by atoms with Crippen LogP contribution >= 0.6 is 0 Å². The molecule has 2 unspecified atom stereocenters. The molecule has 0 heterocycles. The van der Waals surface area contributed by atoms with Gasteiger partial charge in [-0.15, -0.1) is 0 Å². The van der Waals surface area contributed by atoms with Crippen molar-refractivity contribution in [2.24, 2.45) is 5.92 Å². The standard InChI is InChI=1S/C16H25NO3S/c1-6-13-7-9-14(10-8-13)15(11(2)3)17-16(18)12(4)21(5,19)20/h7-12,15H,6H2,1-5H3,(H,17,18). The summed E-state index contributed by atoms with van der Waals surface area (Å²) < 4.78 is 23.0. The molecule has 0 aliphatic carbocycles. The summed E-state index contributed by atoms with van der Waals surface area (Å²) in [6, 6.07) is 7.88. The predicted molar refractivity (Wildman–Crippen MR) is 85.8 cm³/mol. The van der Waals surface area contributed by atoms with E-state index in [0.29, 0.717) is 0 Å². The Morgan fingerprint density at radius 2 is 1.67 bits per heavy atom. The third-order valence-corrected chi connectivity index (χ3v) is 5.22. The highest BCUT2D eigenvalue weighted by Gasteiger charge is 2.27. The van der Waals surface area contributed by atoms with E-state index in [0.717, 1.165) is 18.2 Å². The summed E-state index contributed by atoms with van der Waals surface area (Å²) in [5, 5.41) is 1.82. The third-order valence-electron chi connectivity index (χ3n) is 3.72. The van der Waals surface area contributed by atoms with Crippen LogP contribution in [-0.4, -0.2) is 25.8 Å². The summed E-state index contributed by atoms with van der Waals surface area (Å²) in [5.74, 6) is -0.274. The van der Waals surface area contributed by atoms with Gasteiger partial charge in [0, 0.05) is 6.26 Å². The largest absolute Gasteiger partial charge is 0.348 e. The minimum Gasteiger partial charge on any atom is -0.348 e. The Hall–Kier alpha value is -1.36. The summed E-state index contributed by atoms with van der Waals surface area (Å²) in [5.41, 5.74) is 2.23. The van der Waals surface area contributed by atoms with Crippen molar-refractivity contribution in [1.29, 1.82) is 0 Å². The lowest BCUT2D eigenvalue weighted by Gasteiger charge is -2.24. The highest BCUT2D eigenvalue weighted by molar-refractivity contribution is 7.92. The van der Waals surface area contributed by atoms with Gasteiger partial charge in [0.1, 0.15) is 5.25 Å². The number of rotatable bonds is 6. The molecule has 0 radical (unpaired) electrons. The van der Waals surface area contributed by atoms with Crippen LogP contribution in [0.1, 0.15) is 44.9 Å². The van der Waals surface area contributed by atoms with Crippen LogP contribution < -0.4 is 5.32 Å². The Morgan fingerprint density at radius 3 is 2.05 bits per heavy atom.